The van der Waals surface area contributed by atoms with E-state index in [9.17, 15) is 23.3 Å². The summed E-state index contributed by atoms with van der Waals surface area (Å²) >= 11 is 0. The van der Waals surface area contributed by atoms with Crippen molar-refractivity contribution >= 4 is 21.3 Å². The maximum absolute atomic E-state index is 11.8. The fourth-order valence-electron chi connectivity index (χ4n) is 1.64. The zero-order valence-corrected chi connectivity index (χ0v) is 11.5. The molecule has 1 aromatic carbocycles. The molecule has 0 radical (unpaired) electrons. The van der Waals surface area contributed by atoms with E-state index in [-0.39, 0.29) is 22.9 Å². The Morgan fingerprint density at radius 3 is 2.53 bits per heavy atom. The molecule has 1 aromatic rings. The first-order chi connectivity index (χ1) is 8.71. The van der Waals surface area contributed by atoms with Crippen molar-refractivity contribution in [1.82, 2.24) is 0 Å². The lowest BCUT2D eigenvalue weighted by molar-refractivity contribution is -0.384. The second kappa shape index (κ2) is 5.92. The van der Waals surface area contributed by atoms with Crippen LogP contribution in [0.3, 0.4) is 0 Å². The van der Waals surface area contributed by atoms with E-state index in [4.69, 9.17) is 0 Å². The highest BCUT2D eigenvalue weighted by Crippen LogP contribution is 2.14. The lowest BCUT2D eigenvalue weighted by atomic mass is 10.1. The Balaban J connectivity index is 2.90. The largest absolute Gasteiger partial charge is 0.293 e. The SMILES string of the molecule is CC(C)CS(=O)(=O)CC(=O)c1cccc([N+](=O)[O-])c1. The molecule has 7 heteroatoms. The highest BCUT2D eigenvalue weighted by molar-refractivity contribution is 7.92. The molecule has 0 fully saturated rings. The molecule has 0 aliphatic heterocycles. The van der Waals surface area contributed by atoms with Gasteiger partial charge in [0.05, 0.1) is 10.7 Å². The van der Waals surface area contributed by atoms with Gasteiger partial charge in [-0.2, -0.15) is 0 Å². The molecule has 19 heavy (non-hydrogen) atoms. The topological polar surface area (TPSA) is 94.3 Å². The van der Waals surface area contributed by atoms with E-state index in [0.29, 0.717) is 0 Å². The highest BCUT2D eigenvalue weighted by Gasteiger charge is 2.20. The molecule has 0 saturated heterocycles. The number of non-ortho nitro benzene ring substituents is 1. The number of hydrogen-bond donors (Lipinski definition) is 0. The Hall–Kier alpha value is -1.76. The lowest BCUT2D eigenvalue weighted by Crippen LogP contribution is -2.21. The van der Waals surface area contributed by atoms with Crippen LogP contribution in [-0.2, 0) is 9.84 Å². The number of ketones is 1. The second-order valence-electron chi connectivity index (χ2n) is 4.68. The molecule has 1 rings (SSSR count). The molecule has 0 bridgehead atoms. The number of carbonyl (C=O) groups is 1. The molecule has 0 saturated carbocycles. The van der Waals surface area contributed by atoms with Crippen molar-refractivity contribution in [3.63, 3.8) is 0 Å². The molecule has 0 unspecified atom stereocenters. The zero-order chi connectivity index (χ0) is 14.6. The first-order valence-electron chi connectivity index (χ1n) is 5.69. The van der Waals surface area contributed by atoms with E-state index >= 15 is 0 Å². The van der Waals surface area contributed by atoms with Crippen LogP contribution in [0.15, 0.2) is 24.3 Å². The zero-order valence-electron chi connectivity index (χ0n) is 10.7. The van der Waals surface area contributed by atoms with Gasteiger partial charge in [-0.3, -0.25) is 14.9 Å². The fourth-order valence-corrected chi connectivity index (χ4v) is 3.34. The Bertz CT molecular complexity index is 592. The van der Waals surface area contributed by atoms with Gasteiger partial charge in [-0.1, -0.05) is 26.0 Å². The van der Waals surface area contributed by atoms with E-state index in [1.165, 1.54) is 18.2 Å². The average Bonchev–Trinajstić information content (AvgIpc) is 2.26. The van der Waals surface area contributed by atoms with Gasteiger partial charge in [0, 0.05) is 17.7 Å². The first kappa shape index (κ1) is 15.3. The molecule has 0 heterocycles. The van der Waals surface area contributed by atoms with Gasteiger partial charge in [0.2, 0.25) is 0 Å². The number of Topliss-reactive ketones (excluding diaryl/α,β-unsaturated/α-hetero) is 1. The van der Waals surface area contributed by atoms with Crippen LogP contribution in [0.2, 0.25) is 0 Å². The van der Waals surface area contributed by atoms with Crippen LogP contribution in [-0.4, -0.2) is 30.6 Å². The Morgan fingerprint density at radius 2 is 2.00 bits per heavy atom. The van der Waals surface area contributed by atoms with Gasteiger partial charge < -0.3 is 0 Å². The van der Waals surface area contributed by atoms with Gasteiger partial charge in [-0.05, 0) is 5.92 Å². The Kier molecular flexibility index (Phi) is 4.77. The molecule has 0 aliphatic carbocycles. The van der Waals surface area contributed by atoms with Crippen LogP contribution < -0.4 is 0 Å². The minimum absolute atomic E-state index is 0.0431. The summed E-state index contributed by atoms with van der Waals surface area (Å²) in [7, 11) is -3.48. The molecule has 104 valence electrons. The summed E-state index contributed by atoms with van der Waals surface area (Å²) in [6.45, 7) is 3.49. The van der Waals surface area contributed by atoms with Crippen LogP contribution in [0.1, 0.15) is 24.2 Å². The predicted octanol–water partition coefficient (Wildman–Crippen LogP) is 1.85. The standard InChI is InChI=1S/C12H15NO5S/c1-9(2)7-19(17,18)8-12(14)10-4-3-5-11(6-10)13(15)16/h3-6,9H,7-8H2,1-2H3. The van der Waals surface area contributed by atoms with E-state index in [1.807, 2.05) is 0 Å². The maximum atomic E-state index is 11.8. The van der Waals surface area contributed by atoms with Gasteiger partial charge in [-0.15, -0.1) is 0 Å². The smallest absolute Gasteiger partial charge is 0.270 e. The molecule has 0 aromatic heterocycles. The van der Waals surface area contributed by atoms with Crippen LogP contribution in [0.5, 0.6) is 0 Å². The van der Waals surface area contributed by atoms with Gasteiger partial charge in [0.25, 0.3) is 5.69 Å². The van der Waals surface area contributed by atoms with E-state index < -0.39 is 26.3 Å². The van der Waals surface area contributed by atoms with Crippen molar-refractivity contribution in [2.24, 2.45) is 5.92 Å². The minimum atomic E-state index is -3.48. The molecule has 6 nitrogen and oxygen atoms in total. The summed E-state index contributed by atoms with van der Waals surface area (Å²) < 4.78 is 23.4. The number of hydrogen-bond acceptors (Lipinski definition) is 5. The number of nitrogens with zero attached hydrogens (tertiary/aromatic N) is 1. The molecule has 0 spiro atoms. The van der Waals surface area contributed by atoms with Crippen molar-refractivity contribution in [1.29, 1.82) is 0 Å². The fraction of sp³-hybridized carbons (Fsp3) is 0.417. The average molecular weight is 285 g/mol. The third kappa shape index (κ3) is 4.78. The summed E-state index contributed by atoms with van der Waals surface area (Å²) in [5.41, 5.74) is -0.186. The predicted molar refractivity (Wildman–Crippen MR) is 70.9 cm³/mol. The van der Waals surface area contributed by atoms with Crippen molar-refractivity contribution in [3.05, 3.63) is 39.9 Å². The van der Waals surface area contributed by atoms with Crippen LogP contribution in [0, 0.1) is 16.0 Å². The second-order valence-corrected chi connectivity index (χ2v) is 6.79. The summed E-state index contributed by atoms with van der Waals surface area (Å²) in [6.07, 6.45) is 0. The van der Waals surface area contributed by atoms with E-state index in [0.717, 1.165) is 6.07 Å². The molecule has 0 N–H and O–H groups in total. The van der Waals surface area contributed by atoms with E-state index in [1.54, 1.807) is 13.8 Å². The third-order valence-corrected chi connectivity index (χ3v) is 4.19. The summed E-state index contributed by atoms with van der Waals surface area (Å²) in [4.78, 5) is 21.8. The Labute approximate surface area is 111 Å². The molecular weight excluding hydrogens is 270 g/mol. The number of rotatable bonds is 6. The first-order valence-corrected chi connectivity index (χ1v) is 7.51. The van der Waals surface area contributed by atoms with Gasteiger partial charge in [-0.25, -0.2) is 8.42 Å². The summed E-state index contributed by atoms with van der Waals surface area (Å²) in [5.74, 6) is -1.38. The van der Waals surface area contributed by atoms with Gasteiger partial charge >= 0.3 is 0 Å². The summed E-state index contributed by atoms with van der Waals surface area (Å²) in [5, 5.41) is 10.6. The third-order valence-electron chi connectivity index (χ3n) is 2.32. The van der Waals surface area contributed by atoms with Gasteiger partial charge in [0.1, 0.15) is 5.75 Å². The number of carbonyl (C=O) groups excluding carboxylic acids is 1. The minimum Gasteiger partial charge on any atom is -0.293 e. The normalized spacial score (nSPS) is 11.5. The number of nitro benzene ring substituents is 1. The van der Waals surface area contributed by atoms with E-state index in [2.05, 4.69) is 0 Å². The van der Waals surface area contributed by atoms with Crippen LogP contribution >= 0.6 is 0 Å². The van der Waals surface area contributed by atoms with Gasteiger partial charge in [0.15, 0.2) is 15.6 Å². The highest BCUT2D eigenvalue weighted by atomic mass is 32.2. The molecule has 0 aliphatic rings. The van der Waals surface area contributed by atoms with Crippen molar-refractivity contribution in [2.75, 3.05) is 11.5 Å². The maximum Gasteiger partial charge on any atom is 0.270 e. The van der Waals surface area contributed by atoms with Crippen LogP contribution in [0.25, 0.3) is 0 Å². The number of benzene rings is 1. The number of sulfone groups is 1. The Morgan fingerprint density at radius 1 is 1.37 bits per heavy atom. The lowest BCUT2D eigenvalue weighted by Gasteiger charge is -2.06. The van der Waals surface area contributed by atoms with Crippen molar-refractivity contribution < 1.29 is 18.1 Å². The van der Waals surface area contributed by atoms with Crippen molar-refractivity contribution in [2.45, 2.75) is 13.8 Å². The molecular formula is C12H15NO5S. The quantitative estimate of drug-likeness (QED) is 0.451. The monoisotopic (exact) mass is 285 g/mol. The molecule has 0 amide bonds. The van der Waals surface area contributed by atoms with Crippen molar-refractivity contribution in [3.8, 4) is 0 Å². The van der Waals surface area contributed by atoms with Crippen LogP contribution in [0.4, 0.5) is 5.69 Å². The molecule has 0 atom stereocenters. The summed E-state index contributed by atoms with van der Waals surface area (Å²) in [6, 6.07) is 5.08. The number of nitro groups is 1.